The first kappa shape index (κ1) is 16.1. The Morgan fingerprint density at radius 2 is 1.79 bits per heavy atom. The molecule has 19 heavy (non-hydrogen) atoms. The molecule has 0 aromatic heterocycles. The monoisotopic (exact) mass is 284 g/mol. The molecule has 0 bridgehead atoms. The van der Waals surface area contributed by atoms with Gasteiger partial charge in [-0.25, -0.2) is 8.42 Å². The Morgan fingerprint density at radius 1 is 1.11 bits per heavy atom. The van der Waals surface area contributed by atoms with E-state index in [9.17, 15) is 8.42 Å². The summed E-state index contributed by atoms with van der Waals surface area (Å²) in [5.74, 6) is 0.431. The maximum Gasteiger partial charge on any atom is 0.151 e. The van der Waals surface area contributed by atoms with Gasteiger partial charge in [0.15, 0.2) is 9.84 Å². The van der Waals surface area contributed by atoms with Crippen LogP contribution in [0.2, 0.25) is 0 Å². The molecule has 0 atom stereocenters. The van der Waals surface area contributed by atoms with Crippen molar-refractivity contribution in [3.05, 3.63) is 35.9 Å². The fourth-order valence-electron chi connectivity index (χ4n) is 1.86. The van der Waals surface area contributed by atoms with Crippen LogP contribution in [0.1, 0.15) is 12.5 Å². The second kappa shape index (κ2) is 8.30. The van der Waals surface area contributed by atoms with E-state index in [0.717, 1.165) is 19.5 Å². The Bertz CT molecular complexity index is 446. The Kier molecular flexibility index (Phi) is 7.05. The summed E-state index contributed by atoms with van der Waals surface area (Å²) < 4.78 is 23.0. The van der Waals surface area contributed by atoms with Crippen molar-refractivity contribution in [1.29, 1.82) is 0 Å². The Morgan fingerprint density at radius 3 is 2.37 bits per heavy atom. The van der Waals surface area contributed by atoms with E-state index in [2.05, 4.69) is 17.0 Å². The van der Waals surface area contributed by atoms with Gasteiger partial charge in [-0.3, -0.25) is 0 Å². The van der Waals surface area contributed by atoms with Crippen LogP contribution in [0, 0.1) is 0 Å². The number of rotatable bonds is 9. The van der Waals surface area contributed by atoms with E-state index >= 15 is 0 Å². The van der Waals surface area contributed by atoms with Crippen molar-refractivity contribution in [3.8, 4) is 0 Å². The lowest BCUT2D eigenvalue weighted by Crippen LogP contribution is -2.35. The van der Waals surface area contributed by atoms with E-state index in [1.54, 1.807) is 6.92 Å². The van der Waals surface area contributed by atoms with E-state index in [4.69, 9.17) is 5.73 Å². The van der Waals surface area contributed by atoms with Gasteiger partial charge in [0.05, 0.1) is 5.75 Å². The molecule has 0 aliphatic carbocycles. The summed E-state index contributed by atoms with van der Waals surface area (Å²) in [4.78, 5) is 2.13. The van der Waals surface area contributed by atoms with Crippen LogP contribution in [0.3, 0.4) is 0 Å². The molecule has 1 aromatic rings. The molecule has 0 unspecified atom stereocenters. The quantitative estimate of drug-likeness (QED) is 0.732. The zero-order valence-corrected chi connectivity index (χ0v) is 12.4. The van der Waals surface area contributed by atoms with Gasteiger partial charge in [0.25, 0.3) is 0 Å². The predicted molar refractivity (Wildman–Crippen MR) is 80.0 cm³/mol. The van der Waals surface area contributed by atoms with Crippen molar-refractivity contribution < 1.29 is 8.42 Å². The molecule has 0 saturated heterocycles. The van der Waals surface area contributed by atoms with Crippen molar-refractivity contribution in [1.82, 2.24) is 4.90 Å². The molecule has 0 spiro atoms. The minimum Gasteiger partial charge on any atom is -0.329 e. The second-order valence-corrected chi connectivity index (χ2v) is 7.08. The molecule has 0 fully saturated rings. The highest BCUT2D eigenvalue weighted by molar-refractivity contribution is 7.91. The van der Waals surface area contributed by atoms with Gasteiger partial charge in [-0.2, -0.15) is 0 Å². The molecule has 0 amide bonds. The van der Waals surface area contributed by atoms with Gasteiger partial charge in [0.1, 0.15) is 0 Å². The van der Waals surface area contributed by atoms with Crippen LogP contribution in [0.5, 0.6) is 0 Å². The lowest BCUT2D eigenvalue weighted by Gasteiger charge is -2.21. The zero-order valence-electron chi connectivity index (χ0n) is 11.6. The van der Waals surface area contributed by atoms with Crippen molar-refractivity contribution in [2.45, 2.75) is 13.3 Å². The van der Waals surface area contributed by atoms with Gasteiger partial charge in [-0.15, -0.1) is 0 Å². The maximum absolute atomic E-state index is 11.5. The summed E-state index contributed by atoms with van der Waals surface area (Å²) in [6.07, 6.45) is 0.924. The topological polar surface area (TPSA) is 63.4 Å². The summed E-state index contributed by atoms with van der Waals surface area (Å²) in [6, 6.07) is 10.2. The van der Waals surface area contributed by atoms with Crippen LogP contribution >= 0.6 is 0 Å². The van der Waals surface area contributed by atoms with Gasteiger partial charge < -0.3 is 10.6 Å². The highest BCUT2D eigenvalue weighted by Gasteiger charge is 2.11. The van der Waals surface area contributed by atoms with Crippen LogP contribution in [0.15, 0.2) is 30.3 Å². The predicted octanol–water partition coefficient (Wildman–Crippen LogP) is 0.925. The molecule has 0 heterocycles. The Hall–Kier alpha value is -0.910. The zero-order chi connectivity index (χ0) is 14.1. The van der Waals surface area contributed by atoms with Gasteiger partial charge in [-0.05, 0) is 12.0 Å². The molecule has 5 heteroatoms. The molecule has 1 rings (SSSR count). The van der Waals surface area contributed by atoms with Crippen LogP contribution in [0.4, 0.5) is 0 Å². The first-order valence-corrected chi connectivity index (χ1v) is 8.56. The van der Waals surface area contributed by atoms with E-state index in [1.807, 2.05) is 18.2 Å². The molecule has 0 aliphatic heterocycles. The minimum absolute atomic E-state index is 0.210. The molecular weight excluding hydrogens is 260 g/mol. The lowest BCUT2D eigenvalue weighted by atomic mass is 10.1. The van der Waals surface area contributed by atoms with Crippen LogP contribution < -0.4 is 5.73 Å². The molecule has 0 radical (unpaired) electrons. The van der Waals surface area contributed by atoms with Crippen LogP contribution in [0.25, 0.3) is 0 Å². The third-order valence-electron chi connectivity index (χ3n) is 3.16. The summed E-state index contributed by atoms with van der Waals surface area (Å²) in [6.45, 7) is 4.40. The van der Waals surface area contributed by atoms with Gasteiger partial charge in [0, 0.05) is 31.9 Å². The number of benzene rings is 1. The Balaban J connectivity index is 2.44. The number of hydrogen-bond donors (Lipinski definition) is 1. The highest BCUT2D eigenvalue weighted by Crippen LogP contribution is 2.02. The van der Waals surface area contributed by atoms with Crippen LogP contribution in [-0.4, -0.2) is 51.0 Å². The number of hydrogen-bond acceptors (Lipinski definition) is 4. The summed E-state index contributed by atoms with van der Waals surface area (Å²) >= 11 is 0. The number of nitrogens with zero attached hydrogens (tertiary/aromatic N) is 1. The van der Waals surface area contributed by atoms with E-state index < -0.39 is 9.84 Å². The summed E-state index contributed by atoms with van der Waals surface area (Å²) in [5.41, 5.74) is 6.85. The standard InChI is InChI=1S/C14H24N2O2S/c1-2-19(17,18)13-12-16(11-9-15)10-8-14-6-4-3-5-7-14/h3-7H,2,8-13,15H2,1H3. The van der Waals surface area contributed by atoms with E-state index in [0.29, 0.717) is 13.1 Å². The summed E-state index contributed by atoms with van der Waals surface area (Å²) in [7, 11) is -2.90. The number of nitrogens with two attached hydrogens (primary N) is 1. The first-order valence-electron chi connectivity index (χ1n) is 6.74. The average Bonchev–Trinajstić information content (AvgIpc) is 2.43. The maximum atomic E-state index is 11.5. The van der Waals surface area contributed by atoms with Crippen molar-refractivity contribution in [2.24, 2.45) is 5.73 Å². The highest BCUT2D eigenvalue weighted by atomic mass is 32.2. The molecule has 1 aromatic carbocycles. The molecule has 0 saturated carbocycles. The summed E-state index contributed by atoms with van der Waals surface area (Å²) in [5, 5.41) is 0. The lowest BCUT2D eigenvalue weighted by molar-refractivity contribution is 0.301. The second-order valence-electron chi connectivity index (χ2n) is 4.60. The molecule has 4 nitrogen and oxygen atoms in total. The van der Waals surface area contributed by atoms with E-state index in [1.165, 1.54) is 5.56 Å². The normalized spacial score (nSPS) is 11.9. The average molecular weight is 284 g/mol. The minimum atomic E-state index is -2.90. The van der Waals surface area contributed by atoms with Crippen molar-refractivity contribution >= 4 is 9.84 Å². The third-order valence-corrected chi connectivity index (χ3v) is 4.85. The fraction of sp³-hybridized carbons (Fsp3) is 0.571. The molecule has 0 aliphatic rings. The van der Waals surface area contributed by atoms with Crippen molar-refractivity contribution in [3.63, 3.8) is 0 Å². The van der Waals surface area contributed by atoms with Crippen LogP contribution in [-0.2, 0) is 16.3 Å². The fourth-order valence-corrected chi connectivity index (χ4v) is 2.69. The SMILES string of the molecule is CCS(=O)(=O)CCN(CCN)CCc1ccccc1. The smallest absolute Gasteiger partial charge is 0.151 e. The molecule has 2 N–H and O–H groups in total. The van der Waals surface area contributed by atoms with E-state index in [-0.39, 0.29) is 11.5 Å². The van der Waals surface area contributed by atoms with Gasteiger partial charge >= 0.3 is 0 Å². The van der Waals surface area contributed by atoms with Crippen molar-refractivity contribution in [2.75, 3.05) is 37.7 Å². The number of sulfone groups is 1. The third kappa shape index (κ3) is 6.71. The molecule has 108 valence electrons. The van der Waals surface area contributed by atoms with Gasteiger partial charge in [0.2, 0.25) is 0 Å². The molecular formula is C14H24N2O2S. The van der Waals surface area contributed by atoms with Gasteiger partial charge in [-0.1, -0.05) is 37.3 Å². The Labute approximate surface area is 116 Å². The first-order chi connectivity index (χ1) is 9.07. The largest absolute Gasteiger partial charge is 0.329 e.